The van der Waals surface area contributed by atoms with Crippen molar-refractivity contribution in [3.63, 3.8) is 0 Å². The van der Waals surface area contributed by atoms with Crippen LogP contribution in [-0.4, -0.2) is 49.7 Å². The Balaban J connectivity index is 1.69. The molecule has 0 spiro atoms. The Morgan fingerprint density at radius 1 is 0.880 bits per heavy atom. The van der Waals surface area contributed by atoms with E-state index in [9.17, 15) is 13.2 Å². The summed E-state index contributed by atoms with van der Waals surface area (Å²) in [6.45, 7) is 1.16. The molecule has 0 aromatic heterocycles. The van der Waals surface area contributed by atoms with E-state index < -0.39 is 10.0 Å². The maximum absolute atomic E-state index is 12.7. The van der Waals surface area contributed by atoms with E-state index in [0.29, 0.717) is 28.7 Å². The summed E-state index contributed by atoms with van der Waals surface area (Å²) >= 11 is 11.7. The zero-order valence-corrected chi connectivity index (χ0v) is 15.6. The van der Waals surface area contributed by atoms with Gasteiger partial charge in [0.15, 0.2) is 0 Å². The van der Waals surface area contributed by atoms with Crippen molar-refractivity contribution in [1.29, 1.82) is 0 Å². The molecule has 0 aliphatic carbocycles. The third kappa shape index (κ3) is 3.98. The highest BCUT2D eigenvalue weighted by atomic mass is 35.5. The van der Waals surface area contributed by atoms with Crippen molar-refractivity contribution in [2.75, 3.05) is 26.2 Å². The Labute approximate surface area is 156 Å². The molecule has 1 heterocycles. The SMILES string of the molecule is O=C(c1ccc(Cl)cc1)N1CCN(S(=O)(=O)c2cccc(Cl)c2)CC1. The summed E-state index contributed by atoms with van der Waals surface area (Å²) in [5, 5.41) is 0.937. The smallest absolute Gasteiger partial charge is 0.253 e. The van der Waals surface area contributed by atoms with Crippen molar-refractivity contribution in [2.24, 2.45) is 0 Å². The van der Waals surface area contributed by atoms with E-state index in [1.165, 1.54) is 16.4 Å². The Bertz CT molecular complexity index is 877. The predicted molar refractivity (Wildman–Crippen MR) is 97.6 cm³/mol. The number of nitrogens with zero attached hydrogens (tertiary/aromatic N) is 2. The van der Waals surface area contributed by atoms with Gasteiger partial charge in [-0.15, -0.1) is 0 Å². The molecule has 0 saturated carbocycles. The van der Waals surface area contributed by atoms with Crippen LogP contribution in [0.2, 0.25) is 10.0 Å². The molecule has 1 fully saturated rings. The van der Waals surface area contributed by atoms with Gasteiger partial charge in [-0.2, -0.15) is 4.31 Å². The van der Waals surface area contributed by atoms with Crippen molar-refractivity contribution >= 4 is 39.1 Å². The molecule has 0 N–H and O–H groups in total. The third-order valence-electron chi connectivity index (χ3n) is 4.05. The zero-order chi connectivity index (χ0) is 18.0. The van der Waals surface area contributed by atoms with Crippen LogP contribution in [0.4, 0.5) is 0 Å². The highest BCUT2D eigenvalue weighted by Gasteiger charge is 2.30. The molecule has 2 aromatic carbocycles. The molecule has 0 atom stereocenters. The lowest BCUT2D eigenvalue weighted by atomic mass is 10.2. The fourth-order valence-corrected chi connectivity index (χ4v) is 4.53. The van der Waals surface area contributed by atoms with Gasteiger partial charge < -0.3 is 4.90 Å². The van der Waals surface area contributed by atoms with Crippen LogP contribution in [0.15, 0.2) is 53.4 Å². The van der Waals surface area contributed by atoms with Crippen LogP contribution >= 0.6 is 23.2 Å². The Morgan fingerprint density at radius 2 is 1.52 bits per heavy atom. The first-order valence-corrected chi connectivity index (χ1v) is 9.88. The maximum atomic E-state index is 12.7. The highest BCUT2D eigenvalue weighted by molar-refractivity contribution is 7.89. The Kier molecular flexibility index (Phi) is 5.34. The third-order valence-corrected chi connectivity index (χ3v) is 6.43. The van der Waals surface area contributed by atoms with Gasteiger partial charge in [-0.25, -0.2) is 8.42 Å². The predicted octanol–water partition coefficient (Wildman–Crippen LogP) is 3.14. The van der Waals surface area contributed by atoms with Crippen LogP contribution in [0.5, 0.6) is 0 Å². The number of amides is 1. The minimum absolute atomic E-state index is 0.128. The number of hydrogen-bond donors (Lipinski definition) is 0. The van der Waals surface area contributed by atoms with E-state index in [1.54, 1.807) is 41.3 Å². The fraction of sp³-hybridized carbons (Fsp3) is 0.235. The molecular formula is C17H16Cl2N2O3S. The Morgan fingerprint density at radius 3 is 2.12 bits per heavy atom. The average Bonchev–Trinajstić information content (AvgIpc) is 2.62. The summed E-state index contributed by atoms with van der Waals surface area (Å²) in [5.41, 5.74) is 0.538. The van der Waals surface area contributed by atoms with Gasteiger partial charge in [-0.1, -0.05) is 29.3 Å². The van der Waals surface area contributed by atoms with E-state index in [1.807, 2.05) is 0 Å². The second-order valence-electron chi connectivity index (χ2n) is 5.66. The second kappa shape index (κ2) is 7.33. The number of halogens is 2. The highest BCUT2D eigenvalue weighted by Crippen LogP contribution is 2.21. The number of hydrogen-bond acceptors (Lipinski definition) is 3. The molecular weight excluding hydrogens is 383 g/mol. The van der Waals surface area contributed by atoms with Crippen molar-refractivity contribution < 1.29 is 13.2 Å². The van der Waals surface area contributed by atoms with Crippen LogP contribution < -0.4 is 0 Å². The van der Waals surface area contributed by atoms with Gasteiger partial charge in [0.05, 0.1) is 4.90 Å². The lowest BCUT2D eigenvalue weighted by molar-refractivity contribution is 0.0698. The standard InChI is InChI=1S/C17H16Cl2N2O3S/c18-14-6-4-13(5-7-14)17(22)20-8-10-21(11-9-20)25(23,24)16-3-1-2-15(19)12-16/h1-7,12H,8-11H2. The molecule has 2 aromatic rings. The van der Waals surface area contributed by atoms with Gasteiger partial charge >= 0.3 is 0 Å². The molecule has 25 heavy (non-hydrogen) atoms. The van der Waals surface area contributed by atoms with E-state index >= 15 is 0 Å². The summed E-state index contributed by atoms with van der Waals surface area (Å²) < 4.78 is 26.7. The average molecular weight is 399 g/mol. The topological polar surface area (TPSA) is 57.7 Å². The van der Waals surface area contributed by atoms with Gasteiger partial charge in [-0.05, 0) is 42.5 Å². The number of rotatable bonds is 3. The number of sulfonamides is 1. The lowest BCUT2D eigenvalue weighted by Gasteiger charge is -2.34. The summed E-state index contributed by atoms with van der Waals surface area (Å²) in [7, 11) is -3.61. The van der Waals surface area contributed by atoms with E-state index in [4.69, 9.17) is 23.2 Å². The van der Waals surface area contributed by atoms with Crippen LogP contribution in [0.25, 0.3) is 0 Å². The summed E-state index contributed by atoms with van der Waals surface area (Å²) in [5.74, 6) is -0.128. The zero-order valence-electron chi connectivity index (χ0n) is 13.2. The minimum atomic E-state index is -3.61. The largest absolute Gasteiger partial charge is 0.336 e. The van der Waals surface area contributed by atoms with Gasteiger partial charge in [0.2, 0.25) is 10.0 Å². The molecule has 0 radical (unpaired) electrons. The van der Waals surface area contributed by atoms with E-state index in [-0.39, 0.29) is 23.9 Å². The van der Waals surface area contributed by atoms with Gasteiger partial charge in [0, 0.05) is 41.8 Å². The summed E-state index contributed by atoms with van der Waals surface area (Å²) in [6.07, 6.45) is 0. The molecule has 0 bridgehead atoms. The van der Waals surface area contributed by atoms with Crippen molar-refractivity contribution in [2.45, 2.75) is 4.90 Å². The van der Waals surface area contributed by atoms with E-state index in [0.717, 1.165) is 0 Å². The molecule has 3 rings (SSSR count). The fourth-order valence-electron chi connectivity index (χ4n) is 2.68. The van der Waals surface area contributed by atoms with Crippen LogP contribution in [-0.2, 0) is 10.0 Å². The molecule has 1 amide bonds. The molecule has 8 heteroatoms. The molecule has 5 nitrogen and oxygen atoms in total. The van der Waals surface area contributed by atoms with Crippen molar-refractivity contribution in [1.82, 2.24) is 9.21 Å². The van der Waals surface area contributed by atoms with Gasteiger partial charge in [0.1, 0.15) is 0 Å². The monoisotopic (exact) mass is 398 g/mol. The van der Waals surface area contributed by atoms with Crippen LogP contribution in [0, 0.1) is 0 Å². The molecule has 132 valence electrons. The number of carbonyl (C=O) groups is 1. The maximum Gasteiger partial charge on any atom is 0.253 e. The first-order valence-electron chi connectivity index (χ1n) is 7.68. The van der Waals surface area contributed by atoms with Gasteiger partial charge in [0.25, 0.3) is 5.91 Å². The van der Waals surface area contributed by atoms with Crippen LogP contribution in [0.3, 0.4) is 0 Å². The lowest BCUT2D eigenvalue weighted by Crippen LogP contribution is -2.50. The molecule has 0 unspecified atom stereocenters. The first kappa shape index (κ1) is 18.2. The molecule has 1 saturated heterocycles. The molecule has 1 aliphatic heterocycles. The first-order chi connectivity index (χ1) is 11.9. The van der Waals surface area contributed by atoms with Gasteiger partial charge in [-0.3, -0.25) is 4.79 Å². The normalized spacial score (nSPS) is 16.0. The van der Waals surface area contributed by atoms with Crippen molar-refractivity contribution in [3.8, 4) is 0 Å². The number of piperazine rings is 1. The number of benzene rings is 2. The molecule has 1 aliphatic rings. The van der Waals surface area contributed by atoms with Crippen LogP contribution in [0.1, 0.15) is 10.4 Å². The Hall–Kier alpha value is -1.60. The quantitative estimate of drug-likeness (QED) is 0.797. The number of carbonyl (C=O) groups excluding carboxylic acids is 1. The second-order valence-corrected chi connectivity index (χ2v) is 8.47. The van der Waals surface area contributed by atoms with Crippen molar-refractivity contribution in [3.05, 3.63) is 64.1 Å². The van der Waals surface area contributed by atoms with E-state index in [2.05, 4.69) is 0 Å². The summed E-state index contributed by atoms with van der Waals surface area (Å²) in [6, 6.07) is 12.8. The summed E-state index contributed by atoms with van der Waals surface area (Å²) in [4.78, 5) is 14.3. The minimum Gasteiger partial charge on any atom is -0.336 e.